The second-order valence-corrected chi connectivity index (χ2v) is 7.06. The predicted octanol–water partition coefficient (Wildman–Crippen LogP) is 1.50. The van der Waals surface area contributed by atoms with Gasteiger partial charge in [-0.1, -0.05) is 0 Å². The van der Waals surface area contributed by atoms with Gasteiger partial charge in [0, 0.05) is 13.1 Å². The summed E-state index contributed by atoms with van der Waals surface area (Å²) in [7, 11) is 0. The minimum atomic E-state index is -0.993. The number of nitrogens with zero attached hydrogens (tertiary/aromatic N) is 1. The molecular weight excluding hydrogens is 270 g/mol. The molecule has 0 aliphatic carbocycles. The average Bonchev–Trinajstić information content (AvgIpc) is 2.78. The Hall–Kier alpha value is -1.30. The number of alkyl carbamates (subject to hydrolysis) is 1. The van der Waals surface area contributed by atoms with Crippen LogP contribution in [0.15, 0.2) is 0 Å². The van der Waals surface area contributed by atoms with E-state index in [0.717, 1.165) is 19.6 Å². The lowest BCUT2D eigenvalue weighted by atomic mass is 10.1. The average molecular weight is 299 g/mol. The van der Waals surface area contributed by atoms with E-state index in [1.807, 2.05) is 0 Å². The summed E-state index contributed by atoms with van der Waals surface area (Å²) >= 11 is 0. The van der Waals surface area contributed by atoms with Crippen molar-refractivity contribution in [1.82, 2.24) is 15.5 Å². The van der Waals surface area contributed by atoms with Crippen LogP contribution in [-0.2, 0) is 9.53 Å². The van der Waals surface area contributed by atoms with Crippen molar-refractivity contribution in [2.75, 3.05) is 26.2 Å². The largest absolute Gasteiger partial charge is 0.444 e. The molecule has 0 aromatic rings. The van der Waals surface area contributed by atoms with E-state index < -0.39 is 17.2 Å². The molecule has 2 N–H and O–H groups in total. The number of likely N-dealkylation sites (tertiary alicyclic amines) is 1. The molecular formula is C15H29N3O3. The first-order valence-corrected chi connectivity index (χ1v) is 7.62. The summed E-state index contributed by atoms with van der Waals surface area (Å²) in [5.41, 5.74) is -1.57. The van der Waals surface area contributed by atoms with Crippen molar-refractivity contribution in [1.29, 1.82) is 0 Å². The quantitative estimate of drug-likeness (QED) is 0.807. The molecule has 0 bridgehead atoms. The molecule has 0 saturated carbocycles. The molecule has 0 atom stereocenters. The zero-order valence-corrected chi connectivity index (χ0v) is 13.9. The minimum absolute atomic E-state index is 0.201. The van der Waals surface area contributed by atoms with Gasteiger partial charge in [-0.3, -0.25) is 4.79 Å². The molecule has 1 aliphatic heterocycles. The van der Waals surface area contributed by atoms with Gasteiger partial charge in [0.1, 0.15) is 11.1 Å². The highest BCUT2D eigenvalue weighted by molar-refractivity contribution is 5.89. The highest BCUT2D eigenvalue weighted by atomic mass is 16.6. The molecule has 1 heterocycles. The van der Waals surface area contributed by atoms with Gasteiger partial charge in [-0.25, -0.2) is 4.79 Å². The van der Waals surface area contributed by atoms with Gasteiger partial charge in [-0.2, -0.15) is 0 Å². The van der Waals surface area contributed by atoms with Crippen molar-refractivity contribution in [2.45, 2.75) is 58.6 Å². The molecule has 1 saturated heterocycles. The maximum atomic E-state index is 12.1. The van der Waals surface area contributed by atoms with Crippen molar-refractivity contribution in [2.24, 2.45) is 0 Å². The Balaban J connectivity index is 2.34. The third-order valence-electron chi connectivity index (χ3n) is 3.29. The van der Waals surface area contributed by atoms with E-state index in [2.05, 4.69) is 15.5 Å². The van der Waals surface area contributed by atoms with Gasteiger partial charge < -0.3 is 20.3 Å². The Morgan fingerprint density at radius 3 is 2.19 bits per heavy atom. The van der Waals surface area contributed by atoms with Gasteiger partial charge in [0.05, 0.1) is 0 Å². The summed E-state index contributed by atoms with van der Waals surface area (Å²) in [4.78, 5) is 26.2. The van der Waals surface area contributed by atoms with Gasteiger partial charge in [0.2, 0.25) is 5.91 Å². The van der Waals surface area contributed by atoms with E-state index in [9.17, 15) is 9.59 Å². The topological polar surface area (TPSA) is 70.7 Å². The van der Waals surface area contributed by atoms with Gasteiger partial charge in [-0.15, -0.1) is 0 Å². The van der Waals surface area contributed by atoms with Crippen molar-refractivity contribution in [3.63, 3.8) is 0 Å². The Morgan fingerprint density at radius 2 is 1.67 bits per heavy atom. The lowest BCUT2D eigenvalue weighted by molar-refractivity contribution is -0.126. The van der Waals surface area contributed by atoms with E-state index in [0.29, 0.717) is 6.54 Å². The summed E-state index contributed by atoms with van der Waals surface area (Å²) in [6.45, 7) is 12.4. The van der Waals surface area contributed by atoms with Gasteiger partial charge in [0.25, 0.3) is 0 Å². The number of rotatable bonds is 5. The summed E-state index contributed by atoms with van der Waals surface area (Å²) in [6.07, 6.45) is 1.89. The Bertz CT molecular complexity index is 369. The maximum absolute atomic E-state index is 12.1. The van der Waals surface area contributed by atoms with Crippen LogP contribution in [-0.4, -0.2) is 54.2 Å². The molecule has 6 heteroatoms. The van der Waals surface area contributed by atoms with Crippen LogP contribution >= 0.6 is 0 Å². The van der Waals surface area contributed by atoms with Crippen LogP contribution in [0.25, 0.3) is 0 Å². The fourth-order valence-electron chi connectivity index (χ4n) is 2.17. The predicted molar refractivity (Wildman–Crippen MR) is 82.1 cm³/mol. The van der Waals surface area contributed by atoms with Crippen LogP contribution < -0.4 is 10.6 Å². The lowest BCUT2D eigenvalue weighted by Crippen LogP contribution is -2.56. The summed E-state index contributed by atoms with van der Waals surface area (Å²) in [6, 6.07) is 0. The van der Waals surface area contributed by atoms with Crippen LogP contribution in [0.5, 0.6) is 0 Å². The first kappa shape index (κ1) is 17.8. The van der Waals surface area contributed by atoms with Crippen molar-refractivity contribution < 1.29 is 14.3 Å². The summed E-state index contributed by atoms with van der Waals surface area (Å²) in [5.74, 6) is -0.201. The normalized spacial score (nSPS) is 16.6. The SMILES string of the molecule is CC(C)(C)OC(=O)NC(C)(C)C(=O)NCCN1CCCC1. The van der Waals surface area contributed by atoms with E-state index >= 15 is 0 Å². The number of carbonyl (C=O) groups excluding carboxylic acids is 2. The van der Waals surface area contributed by atoms with Gasteiger partial charge in [0.15, 0.2) is 0 Å². The molecule has 2 amide bonds. The molecule has 0 radical (unpaired) electrons. The molecule has 21 heavy (non-hydrogen) atoms. The summed E-state index contributed by atoms with van der Waals surface area (Å²) < 4.78 is 5.17. The van der Waals surface area contributed by atoms with Gasteiger partial charge in [-0.05, 0) is 60.5 Å². The Kier molecular flexibility index (Phi) is 6.01. The van der Waals surface area contributed by atoms with Crippen molar-refractivity contribution in [3.05, 3.63) is 0 Å². The molecule has 0 aromatic heterocycles. The van der Waals surface area contributed by atoms with Crippen LogP contribution in [0, 0.1) is 0 Å². The van der Waals surface area contributed by atoms with E-state index in [-0.39, 0.29) is 5.91 Å². The number of nitrogens with one attached hydrogen (secondary N) is 2. The number of hydrogen-bond acceptors (Lipinski definition) is 4. The zero-order chi connectivity index (χ0) is 16.1. The molecule has 1 rings (SSSR count). The fourth-order valence-corrected chi connectivity index (χ4v) is 2.17. The molecule has 6 nitrogen and oxygen atoms in total. The van der Waals surface area contributed by atoms with E-state index in [1.165, 1.54) is 12.8 Å². The third kappa shape index (κ3) is 6.80. The molecule has 0 aromatic carbocycles. The van der Waals surface area contributed by atoms with Crippen LogP contribution in [0.4, 0.5) is 4.79 Å². The monoisotopic (exact) mass is 299 g/mol. The number of amides is 2. The molecule has 1 aliphatic rings. The smallest absolute Gasteiger partial charge is 0.408 e. The van der Waals surface area contributed by atoms with Gasteiger partial charge >= 0.3 is 6.09 Å². The second-order valence-electron chi connectivity index (χ2n) is 7.06. The molecule has 0 spiro atoms. The van der Waals surface area contributed by atoms with Crippen LogP contribution in [0.3, 0.4) is 0 Å². The summed E-state index contributed by atoms with van der Waals surface area (Å²) in [5, 5.41) is 5.47. The lowest BCUT2D eigenvalue weighted by Gasteiger charge is -2.28. The highest BCUT2D eigenvalue weighted by Gasteiger charge is 2.31. The number of ether oxygens (including phenoxy) is 1. The van der Waals surface area contributed by atoms with E-state index in [1.54, 1.807) is 34.6 Å². The fraction of sp³-hybridized carbons (Fsp3) is 0.867. The molecule has 1 fully saturated rings. The Morgan fingerprint density at radius 1 is 1.10 bits per heavy atom. The standard InChI is InChI=1S/C15H29N3O3/c1-14(2,3)21-13(20)17-15(4,5)12(19)16-8-11-18-9-6-7-10-18/h6-11H2,1-5H3,(H,16,19)(H,17,20). The third-order valence-corrected chi connectivity index (χ3v) is 3.29. The first-order chi connectivity index (χ1) is 9.60. The van der Waals surface area contributed by atoms with Crippen molar-refractivity contribution >= 4 is 12.0 Å². The zero-order valence-electron chi connectivity index (χ0n) is 13.9. The maximum Gasteiger partial charge on any atom is 0.408 e. The molecule has 0 unspecified atom stereocenters. The number of carbonyl (C=O) groups is 2. The number of hydrogen-bond donors (Lipinski definition) is 2. The van der Waals surface area contributed by atoms with Crippen LogP contribution in [0.1, 0.15) is 47.5 Å². The van der Waals surface area contributed by atoms with Crippen molar-refractivity contribution in [3.8, 4) is 0 Å². The highest BCUT2D eigenvalue weighted by Crippen LogP contribution is 2.10. The van der Waals surface area contributed by atoms with E-state index in [4.69, 9.17) is 4.74 Å². The molecule has 122 valence electrons. The van der Waals surface area contributed by atoms with Crippen LogP contribution in [0.2, 0.25) is 0 Å². The Labute approximate surface area is 127 Å². The first-order valence-electron chi connectivity index (χ1n) is 7.62. The minimum Gasteiger partial charge on any atom is -0.444 e. The second kappa shape index (κ2) is 7.11.